The van der Waals surface area contributed by atoms with Gasteiger partial charge in [-0.2, -0.15) is 5.26 Å². The van der Waals surface area contributed by atoms with Crippen molar-refractivity contribution in [3.63, 3.8) is 0 Å². The quantitative estimate of drug-likeness (QED) is 0.573. The fourth-order valence-electron chi connectivity index (χ4n) is 3.50. The van der Waals surface area contributed by atoms with Gasteiger partial charge in [0, 0.05) is 12.6 Å². The first kappa shape index (κ1) is 20.6. The largest absolute Gasteiger partial charge is 0.481 e. The molecular weight excluding hydrogens is 371 g/mol. The fraction of sp³-hybridized carbons (Fsp3) is 0.364. The number of hydrogen-bond acceptors (Lipinski definition) is 5. The molecule has 1 aliphatic rings. The van der Waals surface area contributed by atoms with Crippen LogP contribution in [0.25, 0.3) is 0 Å². The van der Waals surface area contributed by atoms with Crippen LogP contribution < -0.4 is 16.0 Å². The third-order valence-corrected chi connectivity index (χ3v) is 5.37. The van der Waals surface area contributed by atoms with Crippen LogP contribution >= 0.6 is 0 Å². The van der Waals surface area contributed by atoms with Crippen LogP contribution in [0.5, 0.6) is 0 Å². The van der Waals surface area contributed by atoms with Crippen molar-refractivity contribution < 1.29 is 14.3 Å². The Morgan fingerprint density at radius 2 is 2.17 bits per heavy atom. The molecule has 7 heteroatoms. The standard InChI is InChI=1S/C22H25FN4O2/c1-13(22(28)29)16-5-3-4-15(8-16)6-7-25-14(2)20-12-26-19-10-18(23)9-17(11-24)21(19)27-20/h3-5,8-10,13-14,20,25-27H,6-7,12H2,1-2H3,(H,28,29)/t13-,14+,20+/m0/s1. The molecule has 3 rings (SSSR count). The Morgan fingerprint density at radius 3 is 2.90 bits per heavy atom. The van der Waals surface area contributed by atoms with E-state index in [1.54, 1.807) is 6.92 Å². The van der Waals surface area contributed by atoms with Gasteiger partial charge in [-0.3, -0.25) is 4.79 Å². The number of nitrogens with one attached hydrogen (secondary N) is 3. The molecule has 1 aliphatic heterocycles. The molecule has 0 saturated heterocycles. The molecule has 1 heterocycles. The molecule has 3 atom stereocenters. The molecule has 4 N–H and O–H groups in total. The number of carboxylic acids is 1. The van der Waals surface area contributed by atoms with E-state index < -0.39 is 17.7 Å². The number of nitrogens with zero attached hydrogens (tertiary/aromatic N) is 1. The molecule has 0 spiro atoms. The maximum Gasteiger partial charge on any atom is 0.310 e. The summed E-state index contributed by atoms with van der Waals surface area (Å²) in [5.41, 5.74) is 3.41. The Hall–Kier alpha value is -3.11. The van der Waals surface area contributed by atoms with Gasteiger partial charge in [0.1, 0.15) is 11.9 Å². The minimum atomic E-state index is -0.832. The highest BCUT2D eigenvalue weighted by molar-refractivity contribution is 5.78. The molecule has 0 fully saturated rings. The van der Waals surface area contributed by atoms with Gasteiger partial charge in [0.05, 0.1) is 28.9 Å². The average Bonchev–Trinajstić information content (AvgIpc) is 2.72. The molecular formula is C22H25FN4O2. The molecule has 0 saturated carbocycles. The van der Waals surface area contributed by atoms with E-state index in [2.05, 4.69) is 22.9 Å². The smallest absolute Gasteiger partial charge is 0.310 e. The molecule has 2 aromatic rings. The van der Waals surface area contributed by atoms with Crippen molar-refractivity contribution in [2.24, 2.45) is 0 Å². The van der Waals surface area contributed by atoms with Crippen LogP contribution in [0, 0.1) is 17.1 Å². The highest BCUT2D eigenvalue weighted by atomic mass is 19.1. The van der Waals surface area contributed by atoms with Crippen molar-refractivity contribution in [1.29, 1.82) is 5.26 Å². The average molecular weight is 396 g/mol. The van der Waals surface area contributed by atoms with E-state index in [0.717, 1.165) is 24.1 Å². The predicted octanol–water partition coefficient (Wildman–Crippen LogP) is 3.31. The van der Waals surface area contributed by atoms with E-state index >= 15 is 0 Å². The molecule has 0 bridgehead atoms. The first-order valence-corrected chi connectivity index (χ1v) is 9.68. The van der Waals surface area contributed by atoms with Gasteiger partial charge in [0.2, 0.25) is 0 Å². The second-order valence-corrected chi connectivity index (χ2v) is 7.42. The number of aliphatic carboxylic acids is 1. The van der Waals surface area contributed by atoms with Gasteiger partial charge in [-0.1, -0.05) is 24.3 Å². The second-order valence-electron chi connectivity index (χ2n) is 7.42. The van der Waals surface area contributed by atoms with Gasteiger partial charge in [-0.05, 0) is 50.1 Å². The number of carboxylic acid groups (broad SMARTS) is 1. The minimum absolute atomic E-state index is 0.0402. The molecule has 0 aromatic heterocycles. The lowest BCUT2D eigenvalue weighted by Gasteiger charge is -2.33. The van der Waals surface area contributed by atoms with Gasteiger partial charge in [-0.25, -0.2) is 4.39 Å². The molecule has 2 aromatic carbocycles. The molecule has 0 aliphatic carbocycles. The van der Waals surface area contributed by atoms with E-state index in [-0.39, 0.29) is 17.6 Å². The Labute approximate surface area is 169 Å². The normalized spacial score (nSPS) is 17.2. The van der Waals surface area contributed by atoms with Crippen molar-refractivity contribution in [3.8, 4) is 6.07 Å². The third kappa shape index (κ3) is 4.84. The van der Waals surface area contributed by atoms with Crippen LogP contribution in [0.2, 0.25) is 0 Å². The Morgan fingerprint density at radius 1 is 1.38 bits per heavy atom. The van der Waals surface area contributed by atoms with Crippen molar-refractivity contribution in [1.82, 2.24) is 5.32 Å². The fourth-order valence-corrected chi connectivity index (χ4v) is 3.50. The Balaban J connectivity index is 1.57. The molecule has 152 valence electrons. The summed E-state index contributed by atoms with van der Waals surface area (Å²) in [6.07, 6.45) is 0.774. The summed E-state index contributed by atoms with van der Waals surface area (Å²) >= 11 is 0. The van der Waals surface area contributed by atoms with Gasteiger partial charge in [0.15, 0.2) is 0 Å². The molecule has 29 heavy (non-hydrogen) atoms. The van der Waals surface area contributed by atoms with Crippen LogP contribution in [0.3, 0.4) is 0 Å². The summed E-state index contributed by atoms with van der Waals surface area (Å²) in [4.78, 5) is 11.2. The zero-order chi connectivity index (χ0) is 21.0. The van der Waals surface area contributed by atoms with Crippen molar-refractivity contribution in [2.75, 3.05) is 23.7 Å². The van der Waals surface area contributed by atoms with Crippen LogP contribution in [-0.2, 0) is 11.2 Å². The minimum Gasteiger partial charge on any atom is -0.481 e. The Bertz CT molecular complexity index is 941. The molecule has 6 nitrogen and oxygen atoms in total. The van der Waals surface area contributed by atoms with Gasteiger partial charge >= 0.3 is 5.97 Å². The number of carbonyl (C=O) groups is 1. The van der Waals surface area contributed by atoms with Crippen molar-refractivity contribution in [2.45, 2.75) is 38.3 Å². The number of fused-ring (bicyclic) bond motifs is 1. The maximum atomic E-state index is 13.6. The van der Waals surface area contributed by atoms with E-state index in [1.807, 2.05) is 30.3 Å². The molecule has 0 unspecified atom stereocenters. The number of nitriles is 1. The lowest BCUT2D eigenvalue weighted by molar-refractivity contribution is -0.138. The number of benzene rings is 2. The van der Waals surface area contributed by atoms with E-state index in [4.69, 9.17) is 0 Å². The zero-order valence-electron chi connectivity index (χ0n) is 16.5. The highest BCUT2D eigenvalue weighted by Crippen LogP contribution is 2.31. The summed E-state index contributed by atoms with van der Waals surface area (Å²) < 4.78 is 13.6. The third-order valence-electron chi connectivity index (χ3n) is 5.37. The summed E-state index contributed by atoms with van der Waals surface area (Å²) in [6, 6.07) is 12.5. The van der Waals surface area contributed by atoms with Crippen molar-refractivity contribution >= 4 is 17.3 Å². The van der Waals surface area contributed by atoms with Crippen molar-refractivity contribution in [3.05, 3.63) is 58.9 Å². The van der Waals surface area contributed by atoms with Crippen LogP contribution in [-0.4, -0.2) is 36.2 Å². The lowest BCUT2D eigenvalue weighted by Crippen LogP contribution is -2.48. The number of anilines is 2. The van der Waals surface area contributed by atoms with Gasteiger partial charge < -0.3 is 21.1 Å². The molecule has 0 amide bonds. The molecule has 0 radical (unpaired) electrons. The Kier molecular flexibility index (Phi) is 6.35. The van der Waals surface area contributed by atoms with Gasteiger partial charge in [-0.15, -0.1) is 0 Å². The monoisotopic (exact) mass is 396 g/mol. The van der Waals surface area contributed by atoms with Crippen LogP contribution in [0.15, 0.2) is 36.4 Å². The van der Waals surface area contributed by atoms with Crippen LogP contribution in [0.1, 0.15) is 36.5 Å². The van der Waals surface area contributed by atoms with Crippen LogP contribution in [0.4, 0.5) is 15.8 Å². The second kappa shape index (κ2) is 8.93. The summed E-state index contributed by atoms with van der Waals surface area (Å²) in [6.45, 7) is 5.08. The highest BCUT2D eigenvalue weighted by Gasteiger charge is 2.25. The first-order valence-electron chi connectivity index (χ1n) is 9.68. The van der Waals surface area contributed by atoms with Gasteiger partial charge in [0.25, 0.3) is 0 Å². The zero-order valence-corrected chi connectivity index (χ0v) is 16.5. The number of hydrogen-bond donors (Lipinski definition) is 4. The van der Waals surface area contributed by atoms with E-state index in [0.29, 0.717) is 17.9 Å². The summed E-state index contributed by atoms with van der Waals surface area (Å²) in [5.74, 6) is -1.79. The maximum absolute atomic E-state index is 13.6. The number of halogens is 1. The lowest BCUT2D eigenvalue weighted by atomic mass is 9.98. The van der Waals surface area contributed by atoms with E-state index in [9.17, 15) is 19.6 Å². The summed E-state index contributed by atoms with van der Waals surface area (Å²) in [5, 5.41) is 28.5. The number of rotatable bonds is 7. The summed E-state index contributed by atoms with van der Waals surface area (Å²) in [7, 11) is 0. The topological polar surface area (TPSA) is 97.2 Å². The first-order chi connectivity index (χ1) is 13.9. The predicted molar refractivity (Wildman–Crippen MR) is 111 cm³/mol. The van der Waals surface area contributed by atoms with E-state index in [1.165, 1.54) is 12.1 Å². The SMILES string of the molecule is C[C@H](C(=O)O)c1cccc(CCN[C@H](C)[C@H]2CNc3cc(F)cc(C#N)c3N2)c1.